The van der Waals surface area contributed by atoms with Crippen LogP contribution < -0.4 is 9.62 Å². The number of halogens is 2. The van der Waals surface area contributed by atoms with Crippen molar-refractivity contribution in [2.45, 2.75) is 45.3 Å². The van der Waals surface area contributed by atoms with Gasteiger partial charge in [0, 0.05) is 38.1 Å². The zero-order valence-electron chi connectivity index (χ0n) is 23.6. The lowest BCUT2D eigenvalue weighted by molar-refractivity contribution is -0.140. The first-order valence-corrected chi connectivity index (χ1v) is 15.0. The van der Waals surface area contributed by atoms with Crippen LogP contribution in [0.15, 0.2) is 78.9 Å². The molecule has 11 heteroatoms. The summed E-state index contributed by atoms with van der Waals surface area (Å²) in [6, 6.07) is 20.3. The molecule has 3 aromatic carbocycles. The summed E-state index contributed by atoms with van der Waals surface area (Å²) < 4.78 is 43.2. The Morgan fingerprint density at radius 1 is 0.951 bits per heavy atom. The maximum absolute atomic E-state index is 14.9. The molecular weight excluding hydrogens is 567 g/mol. The van der Waals surface area contributed by atoms with Crippen LogP contribution in [0.5, 0.6) is 0 Å². The van der Waals surface area contributed by atoms with E-state index in [4.69, 9.17) is 11.6 Å². The van der Waals surface area contributed by atoms with Crippen LogP contribution in [0, 0.1) is 5.82 Å². The van der Waals surface area contributed by atoms with Crippen molar-refractivity contribution in [3.63, 3.8) is 0 Å². The van der Waals surface area contributed by atoms with Gasteiger partial charge in [0.05, 0.1) is 5.69 Å². The summed E-state index contributed by atoms with van der Waals surface area (Å²) in [6.07, 6.45) is 0.837. The summed E-state index contributed by atoms with van der Waals surface area (Å²) in [5.74, 6) is -1.89. The average Bonchev–Trinajstić information content (AvgIpc) is 2.95. The molecule has 0 bridgehead atoms. The van der Waals surface area contributed by atoms with Crippen LogP contribution in [0.4, 0.5) is 10.1 Å². The zero-order chi connectivity index (χ0) is 30.2. The zero-order valence-corrected chi connectivity index (χ0v) is 25.2. The van der Waals surface area contributed by atoms with E-state index in [9.17, 15) is 22.4 Å². The number of carbonyl (C=O) groups excluding carboxylic acids is 2. The number of nitrogens with zero attached hydrogens (tertiary/aromatic N) is 3. The molecule has 220 valence electrons. The van der Waals surface area contributed by atoms with Gasteiger partial charge in [-0.25, -0.2) is 8.70 Å². The number of anilines is 1. The molecule has 0 radical (unpaired) electrons. The molecule has 8 nitrogen and oxygen atoms in total. The van der Waals surface area contributed by atoms with Crippen molar-refractivity contribution in [3.8, 4) is 0 Å². The van der Waals surface area contributed by atoms with E-state index in [0.29, 0.717) is 17.0 Å². The van der Waals surface area contributed by atoms with Gasteiger partial charge in [-0.15, -0.1) is 0 Å². The van der Waals surface area contributed by atoms with Crippen LogP contribution in [0.25, 0.3) is 0 Å². The number of amides is 2. The topological polar surface area (TPSA) is 90.0 Å². The molecule has 0 heterocycles. The van der Waals surface area contributed by atoms with Gasteiger partial charge < -0.3 is 10.2 Å². The molecular formula is C30H36ClFN4O4S. The molecule has 0 saturated heterocycles. The molecule has 3 aromatic rings. The van der Waals surface area contributed by atoms with E-state index in [1.54, 1.807) is 24.3 Å². The number of hydrogen-bond acceptors (Lipinski definition) is 4. The minimum absolute atomic E-state index is 0.0724. The summed E-state index contributed by atoms with van der Waals surface area (Å²) in [6.45, 7) is 2.98. The molecule has 2 amide bonds. The van der Waals surface area contributed by atoms with E-state index in [-0.39, 0.29) is 24.7 Å². The molecule has 0 fully saturated rings. The Labute approximate surface area is 246 Å². The lowest BCUT2D eigenvalue weighted by atomic mass is 10.0. The van der Waals surface area contributed by atoms with Gasteiger partial charge in [-0.1, -0.05) is 79.2 Å². The van der Waals surface area contributed by atoms with Gasteiger partial charge in [0.1, 0.15) is 18.4 Å². The molecule has 0 spiro atoms. The van der Waals surface area contributed by atoms with Crippen LogP contribution >= 0.6 is 11.6 Å². The van der Waals surface area contributed by atoms with Crippen molar-refractivity contribution in [2.24, 2.45) is 0 Å². The monoisotopic (exact) mass is 602 g/mol. The van der Waals surface area contributed by atoms with Crippen molar-refractivity contribution in [1.82, 2.24) is 14.5 Å². The van der Waals surface area contributed by atoms with Gasteiger partial charge in [-0.2, -0.15) is 12.7 Å². The Kier molecular flexibility index (Phi) is 11.3. The number of rotatable bonds is 13. The third-order valence-electron chi connectivity index (χ3n) is 6.71. The van der Waals surface area contributed by atoms with E-state index in [0.717, 1.165) is 20.2 Å². The molecule has 0 aromatic heterocycles. The molecule has 0 aliphatic carbocycles. The fraction of sp³-hybridized carbons (Fsp3) is 0.333. The molecule has 2 atom stereocenters. The van der Waals surface area contributed by atoms with Crippen molar-refractivity contribution in [1.29, 1.82) is 0 Å². The summed E-state index contributed by atoms with van der Waals surface area (Å²) in [5.41, 5.74) is 1.10. The largest absolute Gasteiger partial charge is 0.352 e. The number of para-hydroxylation sites is 1. The van der Waals surface area contributed by atoms with Gasteiger partial charge >= 0.3 is 10.2 Å². The standard InChI is InChI=1S/C30H36ClFN4O4S/c1-5-22(2)33-30(38)28(19-23-13-7-6-8-14-23)35(20-24-15-9-10-16-25(24)31)29(37)21-36(41(39,40)34(3)4)27-18-12-11-17-26(27)32/h6-18,22,28H,5,19-21H2,1-4H3,(H,33,38)/t22-,28+/m0/s1. The molecule has 0 aliphatic rings. The third kappa shape index (κ3) is 8.28. The summed E-state index contributed by atoms with van der Waals surface area (Å²) in [5, 5.41) is 3.35. The fourth-order valence-electron chi connectivity index (χ4n) is 4.16. The Morgan fingerprint density at radius 3 is 2.17 bits per heavy atom. The quantitative estimate of drug-likeness (QED) is 0.308. The summed E-state index contributed by atoms with van der Waals surface area (Å²) >= 11 is 6.46. The third-order valence-corrected chi connectivity index (χ3v) is 8.89. The van der Waals surface area contributed by atoms with Crippen molar-refractivity contribution in [3.05, 3.63) is 101 Å². The minimum Gasteiger partial charge on any atom is -0.352 e. The van der Waals surface area contributed by atoms with Gasteiger partial charge in [0.15, 0.2) is 0 Å². The van der Waals surface area contributed by atoms with Crippen LogP contribution in [0.1, 0.15) is 31.4 Å². The van der Waals surface area contributed by atoms with Crippen molar-refractivity contribution < 1.29 is 22.4 Å². The highest BCUT2D eigenvalue weighted by molar-refractivity contribution is 7.90. The van der Waals surface area contributed by atoms with E-state index in [1.807, 2.05) is 44.2 Å². The first-order valence-electron chi connectivity index (χ1n) is 13.3. The van der Waals surface area contributed by atoms with Gasteiger partial charge in [-0.3, -0.25) is 9.59 Å². The van der Waals surface area contributed by atoms with E-state index < -0.39 is 40.4 Å². The van der Waals surface area contributed by atoms with E-state index >= 15 is 0 Å². The molecule has 41 heavy (non-hydrogen) atoms. The fourth-order valence-corrected chi connectivity index (χ4v) is 5.42. The van der Waals surface area contributed by atoms with E-state index in [2.05, 4.69) is 5.32 Å². The smallest absolute Gasteiger partial charge is 0.304 e. The first kappa shape index (κ1) is 32.0. The Bertz CT molecular complexity index is 1440. The normalized spacial score (nSPS) is 13.0. The SMILES string of the molecule is CC[C@H](C)NC(=O)[C@@H](Cc1ccccc1)N(Cc1ccccc1Cl)C(=O)CN(c1ccccc1F)S(=O)(=O)N(C)C. The van der Waals surface area contributed by atoms with Crippen molar-refractivity contribution >= 4 is 39.3 Å². The average molecular weight is 603 g/mol. The second kappa shape index (κ2) is 14.4. The number of hydrogen-bond donors (Lipinski definition) is 1. The summed E-state index contributed by atoms with van der Waals surface area (Å²) in [4.78, 5) is 29.2. The maximum Gasteiger partial charge on any atom is 0.304 e. The van der Waals surface area contributed by atoms with Gasteiger partial charge in [0.25, 0.3) is 0 Å². The molecule has 3 rings (SSSR count). The molecule has 0 unspecified atom stereocenters. The van der Waals surface area contributed by atoms with Crippen LogP contribution in [-0.2, 0) is 32.8 Å². The van der Waals surface area contributed by atoms with Crippen molar-refractivity contribution in [2.75, 3.05) is 24.9 Å². The Morgan fingerprint density at radius 2 is 1.56 bits per heavy atom. The second-order valence-electron chi connectivity index (χ2n) is 9.88. The highest BCUT2D eigenvalue weighted by Crippen LogP contribution is 2.25. The molecule has 0 aliphatic heterocycles. The predicted octanol–water partition coefficient (Wildman–Crippen LogP) is 4.65. The van der Waals surface area contributed by atoms with Crippen LogP contribution in [-0.4, -0.2) is 62.2 Å². The Hall–Kier alpha value is -3.47. The van der Waals surface area contributed by atoms with Gasteiger partial charge in [-0.05, 0) is 42.7 Å². The molecule has 1 N–H and O–H groups in total. The summed E-state index contributed by atoms with van der Waals surface area (Å²) in [7, 11) is -1.70. The van der Waals surface area contributed by atoms with Gasteiger partial charge in [0.2, 0.25) is 11.8 Å². The minimum atomic E-state index is -4.30. The number of carbonyl (C=O) groups is 2. The number of benzene rings is 3. The van der Waals surface area contributed by atoms with Crippen LogP contribution in [0.3, 0.4) is 0 Å². The predicted molar refractivity (Wildman–Crippen MR) is 160 cm³/mol. The highest BCUT2D eigenvalue weighted by atomic mass is 35.5. The Balaban J connectivity index is 2.12. The first-order chi connectivity index (χ1) is 19.4. The van der Waals surface area contributed by atoms with Crippen LogP contribution in [0.2, 0.25) is 5.02 Å². The lowest BCUT2D eigenvalue weighted by Crippen LogP contribution is -2.55. The van der Waals surface area contributed by atoms with E-state index in [1.165, 1.54) is 37.2 Å². The maximum atomic E-state index is 14.9. The lowest BCUT2D eigenvalue weighted by Gasteiger charge is -2.35. The second-order valence-corrected chi connectivity index (χ2v) is 12.4. The highest BCUT2D eigenvalue weighted by Gasteiger charge is 2.36. The molecule has 0 saturated carbocycles. The number of nitrogens with one attached hydrogen (secondary N) is 1.